The van der Waals surface area contributed by atoms with Crippen molar-refractivity contribution in [2.24, 2.45) is 0 Å². The highest BCUT2D eigenvalue weighted by atomic mass is 32.2. The van der Waals surface area contributed by atoms with Crippen LogP contribution in [0.5, 0.6) is 0 Å². The summed E-state index contributed by atoms with van der Waals surface area (Å²) in [5.74, 6) is -0.269. The molecule has 0 bridgehead atoms. The van der Waals surface area contributed by atoms with Crippen LogP contribution < -0.4 is 10.0 Å². The van der Waals surface area contributed by atoms with E-state index in [2.05, 4.69) is 15.0 Å². The van der Waals surface area contributed by atoms with Gasteiger partial charge in [0.15, 0.2) is 0 Å². The van der Waals surface area contributed by atoms with Crippen LogP contribution in [0.3, 0.4) is 0 Å². The van der Waals surface area contributed by atoms with Gasteiger partial charge in [0.1, 0.15) is 4.88 Å². The quantitative estimate of drug-likeness (QED) is 0.824. The molecule has 128 valence electrons. The maximum atomic E-state index is 12.4. The van der Waals surface area contributed by atoms with E-state index >= 15 is 0 Å². The highest BCUT2D eigenvalue weighted by Gasteiger charge is 2.28. The van der Waals surface area contributed by atoms with Crippen LogP contribution in [0.25, 0.3) is 0 Å². The number of aromatic nitrogens is 1. The summed E-state index contributed by atoms with van der Waals surface area (Å²) in [4.78, 5) is 17.5. The predicted octanol–water partition coefficient (Wildman–Crippen LogP) is 2.71. The van der Waals surface area contributed by atoms with Crippen LogP contribution in [0.15, 0.2) is 29.2 Å². The van der Waals surface area contributed by atoms with Crippen LogP contribution in [0.2, 0.25) is 0 Å². The number of aryl methyl sites for hydroxylation is 2. The van der Waals surface area contributed by atoms with Gasteiger partial charge in [0.2, 0.25) is 10.0 Å². The molecule has 2 aromatic rings. The second kappa shape index (κ2) is 6.62. The molecule has 1 heterocycles. The first kappa shape index (κ1) is 17.1. The molecule has 2 N–H and O–H groups in total. The third-order valence-corrected chi connectivity index (χ3v) is 6.47. The Morgan fingerprint density at radius 1 is 1.38 bits per heavy atom. The molecule has 24 heavy (non-hydrogen) atoms. The van der Waals surface area contributed by atoms with Crippen molar-refractivity contribution in [3.63, 3.8) is 0 Å². The van der Waals surface area contributed by atoms with Gasteiger partial charge in [-0.1, -0.05) is 13.0 Å². The van der Waals surface area contributed by atoms with Gasteiger partial charge in [0.05, 0.1) is 15.6 Å². The minimum absolute atomic E-state index is 0.0422. The van der Waals surface area contributed by atoms with Gasteiger partial charge in [-0.3, -0.25) is 4.79 Å². The zero-order chi connectivity index (χ0) is 17.3. The van der Waals surface area contributed by atoms with E-state index in [9.17, 15) is 13.2 Å². The van der Waals surface area contributed by atoms with Gasteiger partial charge in [0, 0.05) is 11.7 Å². The van der Waals surface area contributed by atoms with E-state index in [0.717, 1.165) is 24.3 Å². The largest absolute Gasteiger partial charge is 0.321 e. The molecule has 1 aromatic heterocycles. The predicted molar refractivity (Wildman–Crippen MR) is 94.0 cm³/mol. The number of sulfonamides is 1. The molecular formula is C16H19N3O3S2. The number of carbonyl (C=O) groups is 1. The summed E-state index contributed by atoms with van der Waals surface area (Å²) in [6, 6.07) is 6.33. The molecule has 0 spiro atoms. The van der Waals surface area contributed by atoms with Crippen LogP contribution >= 0.6 is 11.3 Å². The molecule has 0 radical (unpaired) electrons. The van der Waals surface area contributed by atoms with Crippen molar-refractivity contribution in [2.45, 2.75) is 44.0 Å². The first-order chi connectivity index (χ1) is 11.4. The smallest absolute Gasteiger partial charge is 0.267 e. The van der Waals surface area contributed by atoms with Gasteiger partial charge in [0.25, 0.3) is 5.91 Å². The summed E-state index contributed by atoms with van der Waals surface area (Å²) in [6.45, 7) is 3.78. The van der Waals surface area contributed by atoms with E-state index in [1.807, 2.05) is 6.92 Å². The fraction of sp³-hybridized carbons (Fsp3) is 0.375. The van der Waals surface area contributed by atoms with Crippen molar-refractivity contribution >= 4 is 33.0 Å². The fourth-order valence-electron chi connectivity index (χ4n) is 2.23. The Hall–Kier alpha value is -1.77. The van der Waals surface area contributed by atoms with Crippen LogP contribution in [0.1, 0.15) is 40.1 Å². The normalized spacial score (nSPS) is 14.6. The second-order valence-electron chi connectivity index (χ2n) is 5.75. The average Bonchev–Trinajstić information content (AvgIpc) is 3.25. The summed E-state index contributed by atoms with van der Waals surface area (Å²) in [7, 11) is -3.54. The lowest BCUT2D eigenvalue weighted by molar-refractivity contribution is 0.102. The Kier molecular flexibility index (Phi) is 4.71. The van der Waals surface area contributed by atoms with Gasteiger partial charge in [-0.2, -0.15) is 0 Å². The number of nitrogens with zero attached hydrogens (tertiary/aromatic N) is 1. The lowest BCUT2D eigenvalue weighted by Crippen LogP contribution is -2.25. The molecule has 0 atom stereocenters. The molecule has 3 rings (SSSR count). The molecule has 0 aliphatic heterocycles. The molecule has 1 aromatic carbocycles. The van der Waals surface area contributed by atoms with Crippen molar-refractivity contribution in [1.82, 2.24) is 9.71 Å². The van der Waals surface area contributed by atoms with Crippen LogP contribution in [-0.4, -0.2) is 25.4 Å². The first-order valence-electron chi connectivity index (χ1n) is 7.79. The maximum absolute atomic E-state index is 12.4. The number of carbonyl (C=O) groups excluding carboxylic acids is 1. The van der Waals surface area contributed by atoms with Gasteiger partial charge in [-0.25, -0.2) is 18.1 Å². The van der Waals surface area contributed by atoms with Crippen LogP contribution in [0, 0.1) is 6.92 Å². The van der Waals surface area contributed by atoms with Crippen molar-refractivity contribution in [1.29, 1.82) is 0 Å². The van der Waals surface area contributed by atoms with Gasteiger partial charge < -0.3 is 5.32 Å². The van der Waals surface area contributed by atoms with Crippen molar-refractivity contribution < 1.29 is 13.2 Å². The van der Waals surface area contributed by atoms with Gasteiger partial charge >= 0.3 is 0 Å². The third kappa shape index (κ3) is 3.82. The lowest BCUT2D eigenvalue weighted by Gasteiger charge is -2.08. The van der Waals surface area contributed by atoms with E-state index in [-0.39, 0.29) is 16.8 Å². The molecule has 8 heteroatoms. The van der Waals surface area contributed by atoms with E-state index in [1.54, 1.807) is 19.1 Å². The van der Waals surface area contributed by atoms with Gasteiger partial charge in [-0.05, 0) is 44.4 Å². The summed E-state index contributed by atoms with van der Waals surface area (Å²) in [5.41, 5.74) is 1.14. The summed E-state index contributed by atoms with van der Waals surface area (Å²) < 4.78 is 27.1. The number of nitrogens with one attached hydrogen (secondary N) is 2. The van der Waals surface area contributed by atoms with Crippen molar-refractivity contribution in [3.8, 4) is 0 Å². The summed E-state index contributed by atoms with van der Waals surface area (Å²) in [5, 5.41) is 3.66. The zero-order valence-corrected chi connectivity index (χ0v) is 15.1. The molecule has 0 unspecified atom stereocenters. The third-order valence-electron chi connectivity index (χ3n) is 3.65. The van der Waals surface area contributed by atoms with Crippen molar-refractivity contribution in [3.05, 3.63) is 39.8 Å². The van der Waals surface area contributed by atoms with E-state index in [0.29, 0.717) is 16.3 Å². The average molecular weight is 365 g/mol. The monoisotopic (exact) mass is 365 g/mol. The topological polar surface area (TPSA) is 88.2 Å². The minimum atomic E-state index is -3.54. The molecule has 1 aliphatic rings. The van der Waals surface area contributed by atoms with E-state index in [1.165, 1.54) is 23.5 Å². The Labute approximate surface area is 145 Å². The summed E-state index contributed by atoms with van der Waals surface area (Å²) in [6.07, 6.45) is 2.53. The van der Waals surface area contributed by atoms with E-state index < -0.39 is 10.0 Å². The molecule has 6 nitrogen and oxygen atoms in total. The maximum Gasteiger partial charge on any atom is 0.267 e. The second-order valence-corrected chi connectivity index (χ2v) is 8.55. The fourth-order valence-corrected chi connectivity index (χ4v) is 4.48. The Morgan fingerprint density at radius 2 is 2.12 bits per heavy atom. The highest BCUT2D eigenvalue weighted by molar-refractivity contribution is 7.89. The Bertz CT molecular complexity index is 870. The Morgan fingerprint density at radius 3 is 2.75 bits per heavy atom. The molecule has 0 saturated heterocycles. The molecular weight excluding hydrogens is 346 g/mol. The number of hydrogen-bond donors (Lipinski definition) is 2. The van der Waals surface area contributed by atoms with Crippen molar-refractivity contribution in [2.75, 3.05) is 5.32 Å². The molecule has 1 fully saturated rings. The zero-order valence-electron chi connectivity index (χ0n) is 13.5. The standard InChI is InChI=1S/C16H19N3O3S2/c1-3-14-17-10(2)15(23-14)16(20)18-12-5-4-6-13(9-12)24(21,22)19-11-7-8-11/h4-6,9,11,19H,3,7-8H2,1-2H3,(H,18,20). The first-order valence-corrected chi connectivity index (χ1v) is 10.1. The van der Waals surface area contributed by atoms with Gasteiger partial charge in [-0.15, -0.1) is 11.3 Å². The number of thiazole rings is 1. The summed E-state index contributed by atoms with van der Waals surface area (Å²) >= 11 is 1.36. The SMILES string of the molecule is CCc1nc(C)c(C(=O)Nc2cccc(S(=O)(=O)NC3CC3)c2)s1. The number of hydrogen-bond acceptors (Lipinski definition) is 5. The lowest BCUT2D eigenvalue weighted by atomic mass is 10.3. The number of anilines is 1. The van der Waals surface area contributed by atoms with Crippen LogP contribution in [0.4, 0.5) is 5.69 Å². The minimum Gasteiger partial charge on any atom is -0.321 e. The molecule has 1 saturated carbocycles. The molecule has 1 aliphatic carbocycles. The number of rotatable bonds is 6. The van der Waals surface area contributed by atoms with E-state index in [4.69, 9.17) is 0 Å². The van der Waals surface area contributed by atoms with Crippen LogP contribution in [-0.2, 0) is 16.4 Å². The number of benzene rings is 1. The number of amides is 1. The highest BCUT2D eigenvalue weighted by Crippen LogP contribution is 2.24. The molecule has 1 amide bonds. The Balaban J connectivity index is 1.78.